The van der Waals surface area contributed by atoms with Gasteiger partial charge in [0.05, 0.1) is 0 Å². The average molecular weight is 244 g/mol. The van der Waals surface area contributed by atoms with Crippen molar-refractivity contribution in [1.82, 2.24) is 10.2 Å². The molecule has 17 heavy (non-hydrogen) atoms. The Morgan fingerprint density at radius 3 is 2.41 bits per heavy atom. The second kappa shape index (κ2) is 8.98. The number of nitrogens with one attached hydrogen (secondary N) is 1. The maximum Gasteiger partial charge on any atom is 0.303 e. The second-order valence-corrected chi connectivity index (χ2v) is 4.73. The van der Waals surface area contributed by atoms with Gasteiger partial charge < -0.3 is 15.3 Å². The minimum atomic E-state index is -0.758. The van der Waals surface area contributed by atoms with E-state index in [-0.39, 0.29) is 12.3 Å². The summed E-state index contributed by atoms with van der Waals surface area (Å²) in [6, 6.07) is 0. The topological polar surface area (TPSA) is 69.6 Å². The zero-order valence-electron chi connectivity index (χ0n) is 11.0. The van der Waals surface area contributed by atoms with Crippen LogP contribution in [0.15, 0.2) is 0 Å². The molecule has 5 heteroatoms. The fraction of sp³-hybridized carbons (Fsp3) is 0.833. The van der Waals surface area contributed by atoms with E-state index >= 15 is 0 Å². The molecule has 0 saturated carbocycles. The van der Waals surface area contributed by atoms with E-state index in [0.29, 0.717) is 25.3 Å². The van der Waals surface area contributed by atoms with Crippen molar-refractivity contribution in [2.45, 2.75) is 32.6 Å². The van der Waals surface area contributed by atoms with Gasteiger partial charge in [0.2, 0.25) is 5.91 Å². The van der Waals surface area contributed by atoms with Crippen LogP contribution < -0.4 is 5.32 Å². The van der Waals surface area contributed by atoms with Crippen LogP contribution in [0.5, 0.6) is 0 Å². The van der Waals surface area contributed by atoms with Gasteiger partial charge in [-0.3, -0.25) is 9.59 Å². The number of nitrogens with zero attached hydrogens (tertiary/aromatic N) is 1. The zero-order valence-corrected chi connectivity index (χ0v) is 11.0. The summed E-state index contributed by atoms with van der Waals surface area (Å²) in [6.07, 6.45) is 2.22. The Bertz CT molecular complexity index is 242. The van der Waals surface area contributed by atoms with E-state index in [1.165, 1.54) is 0 Å². The molecular formula is C12H24N2O3. The highest BCUT2D eigenvalue weighted by Crippen LogP contribution is 2.09. The lowest BCUT2D eigenvalue weighted by molar-refractivity contribution is -0.137. The first-order valence-electron chi connectivity index (χ1n) is 6.05. The van der Waals surface area contributed by atoms with Crippen molar-refractivity contribution in [3.63, 3.8) is 0 Å². The Morgan fingerprint density at radius 1 is 1.24 bits per heavy atom. The van der Waals surface area contributed by atoms with Gasteiger partial charge in [0.15, 0.2) is 0 Å². The van der Waals surface area contributed by atoms with Crippen LogP contribution in [0, 0.1) is 5.92 Å². The molecule has 1 unspecified atom stereocenters. The monoisotopic (exact) mass is 244 g/mol. The van der Waals surface area contributed by atoms with Crippen molar-refractivity contribution >= 4 is 11.9 Å². The molecule has 0 heterocycles. The molecule has 2 N–H and O–H groups in total. The number of amides is 1. The number of hydrogen-bond acceptors (Lipinski definition) is 3. The molecule has 1 atom stereocenters. The summed E-state index contributed by atoms with van der Waals surface area (Å²) < 4.78 is 0. The van der Waals surface area contributed by atoms with Crippen LogP contribution in [0.2, 0.25) is 0 Å². The van der Waals surface area contributed by atoms with Crippen molar-refractivity contribution in [3.05, 3.63) is 0 Å². The Hall–Kier alpha value is -1.10. The largest absolute Gasteiger partial charge is 0.481 e. The summed E-state index contributed by atoms with van der Waals surface area (Å²) in [5, 5.41) is 11.4. The Labute approximate surface area is 103 Å². The molecule has 0 aromatic rings. The van der Waals surface area contributed by atoms with Gasteiger partial charge in [-0.05, 0) is 32.9 Å². The van der Waals surface area contributed by atoms with Gasteiger partial charge in [0.25, 0.3) is 0 Å². The van der Waals surface area contributed by atoms with Gasteiger partial charge in [-0.25, -0.2) is 0 Å². The third-order valence-electron chi connectivity index (χ3n) is 2.60. The van der Waals surface area contributed by atoms with Gasteiger partial charge in [0, 0.05) is 25.9 Å². The third kappa shape index (κ3) is 11.2. The average Bonchev–Trinajstić information content (AvgIpc) is 2.23. The molecule has 0 rings (SSSR count). The molecule has 0 saturated heterocycles. The number of hydrogen-bond donors (Lipinski definition) is 2. The number of carboxylic acid groups (broad SMARTS) is 1. The van der Waals surface area contributed by atoms with Crippen LogP contribution in [-0.2, 0) is 9.59 Å². The summed E-state index contributed by atoms with van der Waals surface area (Å²) in [4.78, 5) is 23.7. The predicted molar refractivity (Wildman–Crippen MR) is 66.8 cm³/mol. The minimum Gasteiger partial charge on any atom is -0.481 e. The highest BCUT2D eigenvalue weighted by molar-refractivity contribution is 5.75. The van der Waals surface area contributed by atoms with Crippen molar-refractivity contribution in [3.8, 4) is 0 Å². The maximum atomic E-state index is 11.4. The van der Waals surface area contributed by atoms with E-state index < -0.39 is 5.97 Å². The fourth-order valence-corrected chi connectivity index (χ4v) is 1.39. The highest BCUT2D eigenvalue weighted by atomic mass is 16.4. The summed E-state index contributed by atoms with van der Waals surface area (Å²) >= 11 is 0. The van der Waals surface area contributed by atoms with Gasteiger partial charge in [-0.2, -0.15) is 0 Å². The van der Waals surface area contributed by atoms with Crippen LogP contribution >= 0.6 is 0 Å². The van der Waals surface area contributed by atoms with E-state index in [1.807, 2.05) is 25.9 Å². The van der Waals surface area contributed by atoms with Crippen molar-refractivity contribution in [2.75, 3.05) is 27.2 Å². The van der Waals surface area contributed by atoms with E-state index in [1.54, 1.807) is 0 Å². The normalized spacial score (nSPS) is 12.5. The minimum absolute atomic E-state index is 0.0594. The lowest BCUT2D eigenvalue weighted by Crippen LogP contribution is -2.28. The number of aliphatic carboxylic acids is 1. The molecule has 0 aromatic heterocycles. The lowest BCUT2D eigenvalue weighted by Gasteiger charge is -2.12. The SMILES string of the molecule is CC(CCNC(=O)CCN(C)C)CCC(=O)O. The summed E-state index contributed by atoms with van der Waals surface area (Å²) in [5.74, 6) is -0.365. The quantitative estimate of drug-likeness (QED) is 0.633. The molecule has 1 amide bonds. The number of carbonyl (C=O) groups excluding carboxylic acids is 1. The first-order chi connectivity index (χ1) is 7.91. The molecule has 0 fully saturated rings. The predicted octanol–water partition coefficient (Wildman–Crippen LogP) is 0.945. The van der Waals surface area contributed by atoms with Crippen LogP contribution in [0.1, 0.15) is 32.6 Å². The number of carbonyl (C=O) groups is 2. The molecule has 100 valence electrons. The van der Waals surface area contributed by atoms with Crippen LogP contribution in [-0.4, -0.2) is 49.1 Å². The Balaban J connectivity index is 3.48. The summed E-state index contributed by atoms with van der Waals surface area (Å²) in [6.45, 7) is 3.39. The van der Waals surface area contributed by atoms with Crippen LogP contribution in [0.4, 0.5) is 0 Å². The van der Waals surface area contributed by atoms with E-state index in [2.05, 4.69) is 5.32 Å². The molecule has 0 bridgehead atoms. The third-order valence-corrected chi connectivity index (χ3v) is 2.60. The Kier molecular flexibility index (Phi) is 8.40. The first-order valence-corrected chi connectivity index (χ1v) is 6.05. The molecule has 5 nitrogen and oxygen atoms in total. The zero-order chi connectivity index (χ0) is 13.3. The molecule has 0 aliphatic carbocycles. The van der Waals surface area contributed by atoms with Crippen molar-refractivity contribution in [1.29, 1.82) is 0 Å². The van der Waals surface area contributed by atoms with E-state index in [0.717, 1.165) is 13.0 Å². The highest BCUT2D eigenvalue weighted by Gasteiger charge is 2.06. The second-order valence-electron chi connectivity index (χ2n) is 4.73. The molecular weight excluding hydrogens is 220 g/mol. The first kappa shape index (κ1) is 15.9. The fourth-order valence-electron chi connectivity index (χ4n) is 1.39. The molecule has 0 aromatic carbocycles. The van der Waals surface area contributed by atoms with E-state index in [9.17, 15) is 9.59 Å². The van der Waals surface area contributed by atoms with Gasteiger partial charge in [-0.1, -0.05) is 6.92 Å². The van der Waals surface area contributed by atoms with Gasteiger partial charge >= 0.3 is 5.97 Å². The van der Waals surface area contributed by atoms with E-state index in [4.69, 9.17) is 5.11 Å². The Morgan fingerprint density at radius 2 is 1.88 bits per heavy atom. The van der Waals surface area contributed by atoms with Crippen molar-refractivity contribution < 1.29 is 14.7 Å². The number of rotatable bonds is 9. The van der Waals surface area contributed by atoms with Crippen LogP contribution in [0.25, 0.3) is 0 Å². The number of carboxylic acids is 1. The van der Waals surface area contributed by atoms with Crippen molar-refractivity contribution in [2.24, 2.45) is 5.92 Å². The smallest absolute Gasteiger partial charge is 0.303 e. The van der Waals surface area contributed by atoms with Gasteiger partial charge in [0.1, 0.15) is 0 Å². The van der Waals surface area contributed by atoms with Gasteiger partial charge in [-0.15, -0.1) is 0 Å². The standard InChI is InChI=1S/C12H24N2O3/c1-10(4-5-12(16)17)6-8-13-11(15)7-9-14(2)3/h10H,4-9H2,1-3H3,(H,13,15)(H,16,17). The lowest BCUT2D eigenvalue weighted by atomic mass is 10.0. The molecule has 0 aliphatic heterocycles. The molecule has 0 radical (unpaired) electrons. The molecule has 0 spiro atoms. The van der Waals surface area contributed by atoms with Crippen LogP contribution in [0.3, 0.4) is 0 Å². The molecule has 0 aliphatic rings. The summed E-state index contributed by atoms with van der Waals surface area (Å²) in [7, 11) is 3.86. The summed E-state index contributed by atoms with van der Waals surface area (Å²) in [5.41, 5.74) is 0. The maximum absolute atomic E-state index is 11.4.